The lowest BCUT2D eigenvalue weighted by molar-refractivity contribution is -0.113. The van der Waals surface area contributed by atoms with E-state index >= 15 is 0 Å². The predicted octanol–water partition coefficient (Wildman–Crippen LogP) is 3.08. The Bertz CT molecular complexity index is 1100. The van der Waals surface area contributed by atoms with Crippen LogP contribution in [-0.2, 0) is 11.3 Å². The van der Waals surface area contributed by atoms with Gasteiger partial charge in [-0.3, -0.25) is 9.59 Å². The van der Waals surface area contributed by atoms with Crippen LogP contribution in [0.25, 0.3) is 28.2 Å². The van der Waals surface area contributed by atoms with Crippen molar-refractivity contribution in [3.05, 3.63) is 58.5 Å². The molecule has 0 unspecified atom stereocenters. The fourth-order valence-corrected chi connectivity index (χ4v) is 2.88. The number of fused-ring (bicyclic) bond motifs is 1. The van der Waals surface area contributed by atoms with Crippen molar-refractivity contribution in [1.82, 2.24) is 14.5 Å². The number of nitrogens with one attached hydrogen (secondary N) is 1. The van der Waals surface area contributed by atoms with Gasteiger partial charge in [0.2, 0.25) is 5.91 Å². The van der Waals surface area contributed by atoms with Gasteiger partial charge in [-0.1, -0.05) is 20.8 Å². The van der Waals surface area contributed by atoms with Crippen LogP contribution in [0.2, 0.25) is 0 Å². The Balaban J connectivity index is 2.11. The van der Waals surface area contributed by atoms with Crippen LogP contribution in [0.1, 0.15) is 26.3 Å². The van der Waals surface area contributed by atoms with Crippen LogP contribution >= 0.6 is 0 Å². The highest BCUT2D eigenvalue weighted by Crippen LogP contribution is 2.26. The lowest BCUT2D eigenvalue weighted by Crippen LogP contribution is -2.28. The molecule has 0 aliphatic carbocycles. The zero-order valence-corrected chi connectivity index (χ0v) is 15.4. The Morgan fingerprint density at radius 3 is 2.74 bits per heavy atom. The molecule has 0 spiro atoms. The van der Waals surface area contributed by atoms with Gasteiger partial charge in [0.15, 0.2) is 5.82 Å². The molecule has 6 nitrogen and oxygen atoms in total. The Morgan fingerprint density at radius 2 is 2.07 bits per heavy atom. The molecule has 3 N–H and O–H groups in total. The van der Waals surface area contributed by atoms with Gasteiger partial charge in [0.25, 0.3) is 5.56 Å². The van der Waals surface area contributed by atoms with Gasteiger partial charge in [-0.25, -0.2) is 9.37 Å². The molecule has 3 rings (SSSR count). The number of nitrogens with zero attached hydrogens (tertiary/aromatic N) is 2. The molecular formula is C20H21FN4O2. The smallest absolute Gasteiger partial charge is 0.286 e. The summed E-state index contributed by atoms with van der Waals surface area (Å²) in [7, 11) is 0. The number of rotatable bonds is 4. The fourth-order valence-electron chi connectivity index (χ4n) is 2.88. The number of carbonyl (C=O) groups excluding carboxylic acids is 1. The Labute approximate surface area is 155 Å². The molecule has 0 atom stereocenters. The molecule has 27 heavy (non-hydrogen) atoms. The van der Waals surface area contributed by atoms with Crippen molar-refractivity contribution in [2.45, 2.75) is 27.3 Å². The topological polar surface area (TPSA) is 93.8 Å². The van der Waals surface area contributed by atoms with E-state index in [1.54, 1.807) is 24.7 Å². The second-order valence-corrected chi connectivity index (χ2v) is 7.67. The number of aromatic amines is 1. The molecule has 3 heterocycles. The van der Waals surface area contributed by atoms with Gasteiger partial charge in [0.1, 0.15) is 5.65 Å². The number of halogens is 1. The van der Waals surface area contributed by atoms with Gasteiger partial charge in [0, 0.05) is 53.3 Å². The van der Waals surface area contributed by atoms with Gasteiger partial charge in [-0.05, 0) is 23.6 Å². The molecule has 0 fully saturated rings. The van der Waals surface area contributed by atoms with Crippen molar-refractivity contribution < 1.29 is 9.18 Å². The van der Waals surface area contributed by atoms with E-state index in [9.17, 15) is 14.0 Å². The fraction of sp³-hybridized carbons (Fsp3) is 0.250. The standard InChI is InChI=1S/C20H21FN4O2/c1-20(2,3)11-25-10-14(7-16(21)19(25)27)13-6-15-12(4-5-17(22)26)8-23-18(15)24-9-13/h4-10H,11H2,1-3H3,(H2,22,26)(H,23,24). The summed E-state index contributed by atoms with van der Waals surface area (Å²) in [5, 5.41) is 0.763. The number of pyridine rings is 2. The molecule has 0 aliphatic heterocycles. The third kappa shape index (κ3) is 4.13. The molecule has 1 amide bonds. The Hall–Kier alpha value is -3.22. The SMILES string of the molecule is CC(C)(C)Cn1cc(-c2cnc3[nH]cc(C=CC(N)=O)c3c2)cc(F)c1=O. The summed E-state index contributed by atoms with van der Waals surface area (Å²) in [5.41, 5.74) is 6.91. The van der Waals surface area contributed by atoms with Crippen molar-refractivity contribution in [2.75, 3.05) is 0 Å². The van der Waals surface area contributed by atoms with E-state index in [0.717, 1.165) is 10.9 Å². The molecule has 3 aromatic heterocycles. The number of nitrogens with two attached hydrogens (primary N) is 1. The first kappa shape index (κ1) is 18.6. The van der Waals surface area contributed by atoms with Crippen LogP contribution in [0.3, 0.4) is 0 Å². The van der Waals surface area contributed by atoms with Crippen LogP contribution in [-0.4, -0.2) is 20.4 Å². The molecule has 0 saturated heterocycles. The van der Waals surface area contributed by atoms with Gasteiger partial charge >= 0.3 is 0 Å². The van der Waals surface area contributed by atoms with Crippen LogP contribution < -0.4 is 11.3 Å². The summed E-state index contributed by atoms with van der Waals surface area (Å²) in [6.45, 7) is 6.33. The van der Waals surface area contributed by atoms with Crippen molar-refractivity contribution in [2.24, 2.45) is 11.1 Å². The first-order chi connectivity index (χ1) is 12.6. The molecular weight excluding hydrogens is 347 g/mol. The van der Waals surface area contributed by atoms with Crippen LogP contribution in [0.15, 0.2) is 41.6 Å². The number of aromatic nitrogens is 3. The van der Waals surface area contributed by atoms with E-state index in [0.29, 0.717) is 23.3 Å². The van der Waals surface area contributed by atoms with Crippen molar-refractivity contribution in [1.29, 1.82) is 0 Å². The van der Waals surface area contributed by atoms with Gasteiger partial charge < -0.3 is 15.3 Å². The number of carbonyl (C=O) groups is 1. The van der Waals surface area contributed by atoms with Crippen LogP contribution in [0.5, 0.6) is 0 Å². The quantitative estimate of drug-likeness (QED) is 0.693. The van der Waals surface area contributed by atoms with E-state index < -0.39 is 17.3 Å². The van der Waals surface area contributed by atoms with Crippen molar-refractivity contribution in [3.63, 3.8) is 0 Å². The van der Waals surface area contributed by atoms with E-state index in [-0.39, 0.29) is 5.41 Å². The lowest BCUT2D eigenvalue weighted by Gasteiger charge is -2.20. The molecule has 0 bridgehead atoms. The monoisotopic (exact) mass is 368 g/mol. The number of amides is 1. The molecule has 0 aromatic carbocycles. The Kier molecular flexibility index (Phi) is 4.70. The maximum Gasteiger partial charge on any atom is 0.286 e. The van der Waals surface area contributed by atoms with Gasteiger partial charge in [-0.15, -0.1) is 0 Å². The van der Waals surface area contributed by atoms with E-state index in [1.807, 2.05) is 26.8 Å². The average Bonchev–Trinajstić information content (AvgIpc) is 2.98. The molecule has 0 saturated carbocycles. The minimum absolute atomic E-state index is 0.176. The summed E-state index contributed by atoms with van der Waals surface area (Å²) >= 11 is 0. The minimum atomic E-state index is -0.806. The van der Waals surface area contributed by atoms with E-state index in [1.165, 1.54) is 16.7 Å². The lowest BCUT2D eigenvalue weighted by atomic mass is 9.96. The molecule has 140 valence electrons. The minimum Gasteiger partial charge on any atom is -0.366 e. The maximum atomic E-state index is 14.2. The number of primary amides is 1. The van der Waals surface area contributed by atoms with Crippen molar-refractivity contribution in [3.8, 4) is 11.1 Å². The normalized spacial score (nSPS) is 12.1. The summed E-state index contributed by atoms with van der Waals surface area (Å²) in [6, 6.07) is 3.05. The molecule has 3 aromatic rings. The summed E-state index contributed by atoms with van der Waals surface area (Å²) in [6.07, 6.45) is 7.82. The summed E-state index contributed by atoms with van der Waals surface area (Å²) in [4.78, 5) is 30.5. The predicted molar refractivity (Wildman–Crippen MR) is 103 cm³/mol. The summed E-state index contributed by atoms with van der Waals surface area (Å²) < 4.78 is 15.6. The number of H-pyrrole nitrogens is 1. The Morgan fingerprint density at radius 1 is 1.33 bits per heavy atom. The van der Waals surface area contributed by atoms with Gasteiger partial charge in [-0.2, -0.15) is 0 Å². The highest BCUT2D eigenvalue weighted by atomic mass is 19.1. The number of hydrogen-bond donors (Lipinski definition) is 2. The van der Waals surface area contributed by atoms with E-state index in [4.69, 9.17) is 5.73 Å². The second kappa shape index (κ2) is 6.83. The first-order valence-electron chi connectivity index (χ1n) is 8.49. The highest BCUT2D eigenvalue weighted by molar-refractivity contribution is 5.95. The maximum absolute atomic E-state index is 14.2. The van der Waals surface area contributed by atoms with Crippen LogP contribution in [0, 0.1) is 11.2 Å². The largest absolute Gasteiger partial charge is 0.366 e. The third-order valence-electron chi connectivity index (χ3n) is 4.01. The summed E-state index contributed by atoms with van der Waals surface area (Å²) in [5.74, 6) is -1.36. The first-order valence-corrected chi connectivity index (χ1v) is 8.49. The second-order valence-electron chi connectivity index (χ2n) is 7.67. The zero-order valence-electron chi connectivity index (χ0n) is 15.4. The zero-order chi connectivity index (χ0) is 19.8. The molecule has 0 aliphatic rings. The highest BCUT2D eigenvalue weighted by Gasteiger charge is 2.16. The third-order valence-corrected chi connectivity index (χ3v) is 4.01. The molecule has 0 radical (unpaired) electrons. The van der Waals surface area contributed by atoms with Crippen LogP contribution in [0.4, 0.5) is 4.39 Å². The molecule has 7 heteroatoms. The average molecular weight is 368 g/mol. The van der Waals surface area contributed by atoms with Crippen molar-refractivity contribution >= 4 is 23.0 Å². The number of hydrogen-bond acceptors (Lipinski definition) is 3. The van der Waals surface area contributed by atoms with Gasteiger partial charge in [0.05, 0.1) is 0 Å². The van der Waals surface area contributed by atoms with E-state index in [2.05, 4.69) is 9.97 Å².